The molecule has 29 heavy (non-hydrogen) atoms. The van der Waals surface area contributed by atoms with Crippen molar-refractivity contribution in [3.63, 3.8) is 0 Å². The molecule has 2 heteroatoms. The van der Waals surface area contributed by atoms with Crippen molar-refractivity contribution in [2.45, 2.75) is 80.1 Å². The number of hydrogen-bond acceptors (Lipinski definition) is 2. The molecule has 3 fully saturated rings. The lowest BCUT2D eigenvalue weighted by atomic mass is 9.61. The molecule has 7 atom stereocenters. The Kier molecular flexibility index (Phi) is 6.81. The van der Waals surface area contributed by atoms with Gasteiger partial charge >= 0.3 is 5.97 Å². The van der Waals surface area contributed by atoms with Crippen LogP contribution in [0.3, 0.4) is 0 Å². The Morgan fingerprint density at radius 1 is 1.28 bits per heavy atom. The Balaban J connectivity index is 1.77. The van der Waals surface area contributed by atoms with Gasteiger partial charge in [-0.05, 0) is 90.6 Å². The summed E-state index contributed by atoms with van der Waals surface area (Å²) < 4.78 is 5.36. The van der Waals surface area contributed by atoms with Gasteiger partial charge in [-0.3, -0.25) is 4.79 Å². The van der Waals surface area contributed by atoms with Crippen molar-refractivity contribution in [1.29, 1.82) is 0 Å². The first-order valence-electron chi connectivity index (χ1n) is 11.9. The van der Waals surface area contributed by atoms with Crippen molar-refractivity contribution in [3.05, 3.63) is 35.5 Å². The summed E-state index contributed by atoms with van der Waals surface area (Å²) in [6.07, 6.45) is 12.4. The summed E-state index contributed by atoms with van der Waals surface area (Å²) in [5, 5.41) is 0. The van der Waals surface area contributed by atoms with Gasteiger partial charge in [0.05, 0.1) is 6.61 Å². The van der Waals surface area contributed by atoms with Crippen LogP contribution in [0, 0.1) is 40.9 Å². The fourth-order valence-electron chi connectivity index (χ4n) is 6.73. The van der Waals surface area contributed by atoms with Crippen LogP contribution in [-0.4, -0.2) is 12.6 Å². The molecule has 3 rings (SSSR count). The molecule has 0 radical (unpaired) electrons. The van der Waals surface area contributed by atoms with E-state index in [-0.39, 0.29) is 5.97 Å². The highest BCUT2D eigenvalue weighted by molar-refractivity contribution is 5.65. The summed E-state index contributed by atoms with van der Waals surface area (Å²) >= 11 is 0. The average molecular weight is 399 g/mol. The Labute approximate surface area is 178 Å². The molecule has 0 heterocycles. The highest BCUT2D eigenvalue weighted by Gasteiger charge is 2.50. The summed E-state index contributed by atoms with van der Waals surface area (Å²) in [5.41, 5.74) is 4.83. The molecule has 0 aliphatic heterocycles. The fraction of sp³-hybridized carbons (Fsp3) is 0.741. The number of rotatable bonds is 4. The minimum Gasteiger partial charge on any atom is -0.466 e. The summed E-state index contributed by atoms with van der Waals surface area (Å²) in [6.45, 7) is 18.4. The van der Waals surface area contributed by atoms with Crippen LogP contribution in [0.15, 0.2) is 35.5 Å². The van der Waals surface area contributed by atoms with Crippen molar-refractivity contribution < 1.29 is 9.53 Å². The third-order valence-corrected chi connectivity index (χ3v) is 8.96. The Bertz CT molecular complexity index is 699. The van der Waals surface area contributed by atoms with E-state index >= 15 is 0 Å². The van der Waals surface area contributed by atoms with Gasteiger partial charge in [-0.15, -0.1) is 0 Å². The zero-order valence-corrected chi connectivity index (χ0v) is 19.6. The molecule has 0 aromatic heterocycles. The van der Waals surface area contributed by atoms with Gasteiger partial charge in [-0.2, -0.15) is 0 Å². The van der Waals surface area contributed by atoms with Gasteiger partial charge in [-0.25, -0.2) is 0 Å². The predicted molar refractivity (Wildman–Crippen MR) is 121 cm³/mol. The number of carbonyl (C=O) groups is 1. The van der Waals surface area contributed by atoms with Gasteiger partial charge in [0.15, 0.2) is 0 Å². The molecule has 2 nitrogen and oxygen atoms in total. The molecule has 3 saturated carbocycles. The summed E-state index contributed by atoms with van der Waals surface area (Å²) in [6, 6.07) is 0. The van der Waals surface area contributed by atoms with Crippen LogP contribution in [0.5, 0.6) is 0 Å². The second-order valence-corrected chi connectivity index (χ2v) is 10.7. The van der Waals surface area contributed by atoms with Gasteiger partial charge < -0.3 is 4.74 Å². The van der Waals surface area contributed by atoms with Crippen molar-refractivity contribution in [1.82, 2.24) is 0 Å². The van der Waals surface area contributed by atoms with E-state index in [0.29, 0.717) is 35.7 Å². The molecule has 3 aliphatic carbocycles. The molecule has 3 aliphatic rings. The summed E-state index contributed by atoms with van der Waals surface area (Å²) in [4.78, 5) is 11.3. The Morgan fingerprint density at radius 2 is 2.00 bits per heavy atom. The molecular formula is C27H42O2. The number of allylic oxidation sites excluding steroid dienone is 5. The predicted octanol–water partition coefficient (Wildman–Crippen LogP) is 7.12. The smallest absolute Gasteiger partial charge is 0.302 e. The van der Waals surface area contributed by atoms with E-state index in [1.807, 2.05) is 0 Å². The van der Waals surface area contributed by atoms with Gasteiger partial charge in [0.25, 0.3) is 0 Å². The average Bonchev–Trinajstić information content (AvgIpc) is 3.03. The summed E-state index contributed by atoms with van der Waals surface area (Å²) in [5.74, 6) is 3.65. The van der Waals surface area contributed by atoms with Crippen LogP contribution in [0.2, 0.25) is 0 Å². The Hall–Kier alpha value is -1.31. The third kappa shape index (κ3) is 4.42. The second kappa shape index (κ2) is 8.82. The molecule has 0 amide bonds. The largest absolute Gasteiger partial charge is 0.466 e. The minimum atomic E-state index is -0.155. The standard InChI is InChI=1S/C27H42O2/c1-17-15-24(21(5)20(4)19(17)3)11-10-23-9-8-14-27(7)25(12-13-26(23)27)18(2)16-29-22(6)28/h10-11,17-20,25-26H,5,8-9,12-16H2,1-4,6-7H3/b23-10+,24-11-/t17-,18-,19+,20+,25-,26+,27-/m1/s1. The Morgan fingerprint density at radius 3 is 2.69 bits per heavy atom. The maximum absolute atomic E-state index is 11.3. The lowest BCUT2D eigenvalue weighted by Crippen LogP contribution is -2.37. The molecule has 0 unspecified atom stereocenters. The van der Waals surface area contributed by atoms with E-state index in [1.54, 1.807) is 5.57 Å². The first-order chi connectivity index (χ1) is 13.6. The quantitative estimate of drug-likeness (QED) is 0.471. The summed E-state index contributed by atoms with van der Waals surface area (Å²) in [7, 11) is 0. The van der Waals surface area contributed by atoms with Crippen LogP contribution in [0.1, 0.15) is 80.1 Å². The molecule has 0 N–H and O–H groups in total. The maximum atomic E-state index is 11.3. The van der Waals surface area contributed by atoms with Crippen LogP contribution >= 0.6 is 0 Å². The molecule has 162 valence electrons. The van der Waals surface area contributed by atoms with E-state index in [1.165, 1.54) is 50.2 Å². The van der Waals surface area contributed by atoms with Crippen molar-refractivity contribution >= 4 is 5.97 Å². The molecule has 0 spiro atoms. The number of hydrogen-bond donors (Lipinski definition) is 0. The van der Waals surface area contributed by atoms with Gasteiger partial charge in [0, 0.05) is 6.92 Å². The normalized spacial score (nSPS) is 41.4. The van der Waals surface area contributed by atoms with E-state index in [4.69, 9.17) is 4.74 Å². The SMILES string of the molecule is C=C1/C(=C\C=C2/CCC[C@]3(C)[C@@H]([C@H](C)COC(C)=O)CC[C@@H]23)C[C@@H](C)[C@H](C)[C@@H]1C. The lowest BCUT2D eigenvalue weighted by molar-refractivity contribution is -0.143. The van der Waals surface area contributed by atoms with Gasteiger partial charge in [0.1, 0.15) is 0 Å². The number of carbonyl (C=O) groups excluding carboxylic acids is 1. The van der Waals surface area contributed by atoms with Crippen LogP contribution < -0.4 is 0 Å². The van der Waals surface area contributed by atoms with Crippen LogP contribution in [0.4, 0.5) is 0 Å². The highest BCUT2D eigenvalue weighted by Crippen LogP contribution is 2.59. The van der Waals surface area contributed by atoms with Crippen molar-refractivity contribution in [2.75, 3.05) is 6.61 Å². The number of esters is 1. The topological polar surface area (TPSA) is 26.3 Å². The maximum Gasteiger partial charge on any atom is 0.302 e. The second-order valence-electron chi connectivity index (χ2n) is 10.7. The zero-order chi connectivity index (χ0) is 21.3. The van der Waals surface area contributed by atoms with E-state index in [9.17, 15) is 4.79 Å². The van der Waals surface area contributed by atoms with E-state index < -0.39 is 0 Å². The number of fused-ring (bicyclic) bond motifs is 1. The van der Waals surface area contributed by atoms with Crippen LogP contribution in [-0.2, 0) is 9.53 Å². The number of ether oxygens (including phenoxy) is 1. The van der Waals surface area contributed by atoms with Gasteiger partial charge in [-0.1, -0.05) is 58.9 Å². The zero-order valence-electron chi connectivity index (χ0n) is 19.6. The first kappa shape index (κ1) is 22.4. The molecule has 0 saturated heterocycles. The first-order valence-corrected chi connectivity index (χ1v) is 11.9. The molecule has 0 bridgehead atoms. The molecule has 0 aromatic rings. The van der Waals surface area contributed by atoms with Crippen molar-refractivity contribution in [2.24, 2.45) is 40.9 Å². The molecule has 0 aromatic carbocycles. The third-order valence-electron chi connectivity index (χ3n) is 8.96. The van der Waals surface area contributed by atoms with E-state index in [0.717, 1.165) is 18.3 Å². The molecular weight excluding hydrogens is 356 g/mol. The van der Waals surface area contributed by atoms with Gasteiger partial charge in [0.2, 0.25) is 0 Å². The monoisotopic (exact) mass is 398 g/mol. The lowest BCUT2D eigenvalue weighted by Gasteiger charge is -2.44. The fourth-order valence-corrected chi connectivity index (χ4v) is 6.73. The van der Waals surface area contributed by atoms with Crippen LogP contribution in [0.25, 0.3) is 0 Å². The highest BCUT2D eigenvalue weighted by atomic mass is 16.5. The van der Waals surface area contributed by atoms with E-state index in [2.05, 4.69) is 53.3 Å². The minimum absolute atomic E-state index is 0.155. The van der Waals surface area contributed by atoms with Crippen molar-refractivity contribution in [3.8, 4) is 0 Å².